The summed E-state index contributed by atoms with van der Waals surface area (Å²) in [5.41, 5.74) is 1.64. The Hall–Kier alpha value is -3.15. The van der Waals surface area contributed by atoms with Gasteiger partial charge in [0, 0.05) is 24.9 Å². The molecule has 0 radical (unpaired) electrons. The van der Waals surface area contributed by atoms with Crippen molar-refractivity contribution in [2.75, 3.05) is 25.5 Å². The minimum Gasteiger partial charge on any atom is -0.495 e. The Kier molecular flexibility index (Phi) is 6.87. The van der Waals surface area contributed by atoms with Gasteiger partial charge in [0.15, 0.2) is 0 Å². The van der Waals surface area contributed by atoms with Crippen LogP contribution in [0, 0.1) is 11.3 Å². The summed E-state index contributed by atoms with van der Waals surface area (Å²) in [5.74, 6) is -0.0873. The monoisotopic (exact) mass is 425 g/mol. The van der Waals surface area contributed by atoms with E-state index in [2.05, 4.69) is 5.32 Å². The number of amides is 1. The van der Waals surface area contributed by atoms with Gasteiger partial charge in [-0.3, -0.25) is 4.79 Å². The molecule has 1 saturated heterocycles. The number of carbonyl (C=O) groups excluding carboxylic acids is 1. The molecule has 0 aliphatic carbocycles. The highest BCUT2D eigenvalue weighted by molar-refractivity contribution is 7.89. The van der Waals surface area contributed by atoms with Gasteiger partial charge in [-0.25, -0.2) is 8.42 Å². The first-order chi connectivity index (χ1) is 14.4. The van der Waals surface area contributed by atoms with Crippen LogP contribution in [0.4, 0.5) is 5.69 Å². The molecule has 3 rings (SSSR count). The first-order valence-electron chi connectivity index (χ1n) is 9.61. The second-order valence-electron chi connectivity index (χ2n) is 6.89. The van der Waals surface area contributed by atoms with Gasteiger partial charge < -0.3 is 10.1 Å². The number of nitrogens with zero attached hydrogens (tertiary/aromatic N) is 2. The molecule has 156 valence electrons. The van der Waals surface area contributed by atoms with E-state index in [9.17, 15) is 13.2 Å². The predicted octanol–water partition coefficient (Wildman–Crippen LogP) is 3.39. The van der Waals surface area contributed by atoms with Crippen molar-refractivity contribution < 1.29 is 17.9 Å². The summed E-state index contributed by atoms with van der Waals surface area (Å²) >= 11 is 0. The van der Waals surface area contributed by atoms with Gasteiger partial charge in [-0.1, -0.05) is 12.5 Å². The van der Waals surface area contributed by atoms with E-state index in [-0.39, 0.29) is 16.6 Å². The largest absolute Gasteiger partial charge is 0.495 e. The highest BCUT2D eigenvalue weighted by Gasteiger charge is 2.28. The van der Waals surface area contributed by atoms with Crippen LogP contribution in [0.2, 0.25) is 0 Å². The summed E-state index contributed by atoms with van der Waals surface area (Å²) in [4.78, 5) is 12.3. The zero-order valence-electron chi connectivity index (χ0n) is 16.7. The first-order valence-corrected chi connectivity index (χ1v) is 11.1. The van der Waals surface area contributed by atoms with Crippen molar-refractivity contribution in [3.63, 3.8) is 0 Å². The van der Waals surface area contributed by atoms with Gasteiger partial charge in [0.25, 0.3) is 0 Å². The summed E-state index contributed by atoms with van der Waals surface area (Å²) in [5, 5.41) is 11.5. The fourth-order valence-corrected chi connectivity index (χ4v) is 4.93. The van der Waals surface area contributed by atoms with Gasteiger partial charge >= 0.3 is 0 Å². The van der Waals surface area contributed by atoms with E-state index < -0.39 is 10.0 Å². The van der Waals surface area contributed by atoms with Crippen LogP contribution < -0.4 is 10.1 Å². The Labute approximate surface area is 176 Å². The van der Waals surface area contributed by atoms with E-state index >= 15 is 0 Å². The maximum Gasteiger partial charge on any atom is 0.248 e. The van der Waals surface area contributed by atoms with Gasteiger partial charge in [0.1, 0.15) is 10.6 Å². The lowest BCUT2D eigenvalue weighted by Crippen LogP contribution is -2.35. The number of hydrogen-bond acceptors (Lipinski definition) is 5. The number of nitriles is 1. The van der Waals surface area contributed by atoms with Crippen molar-refractivity contribution in [1.82, 2.24) is 4.31 Å². The number of carbonyl (C=O) groups is 1. The fourth-order valence-electron chi connectivity index (χ4n) is 3.23. The lowest BCUT2D eigenvalue weighted by molar-refractivity contribution is -0.111. The lowest BCUT2D eigenvalue weighted by atomic mass is 10.2. The molecule has 0 saturated carbocycles. The molecule has 30 heavy (non-hydrogen) atoms. The molecule has 1 heterocycles. The number of piperidine rings is 1. The van der Waals surface area contributed by atoms with Crippen LogP contribution in [0.3, 0.4) is 0 Å². The van der Waals surface area contributed by atoms with Crippen molar-refractivity contribution >= 4 is 27.7 Å². The molecule has 2 aromatic rings. The Bertz CT molecular complexity index is 1080. The van der Waals surface area contributed by atoms with E-state index in [1.54, 1.807) is 42.5 Å². The molecule has 8 heteroatoms. The smallest absolute Gasteiger partial charge is 0.248 e. The van der Waals surface area contributed by atoms with Crippen molar-refractivity contribution in [3.8, 4) is 11.8 Å². The summed E-state index contributed by atoms with van der Waals surface area (Å²) in [7, 11) is -2.24. The Morgan fingerprint density at radius 3 is 2.47 bits per heavy atom. The molecule has 0 atom stereocenters. The molecular formula is C22H23N3O4S. The van der Waals surface area contributed by atoms with E-state index in [0.717, 1.165) is 19.3 Å². The van der Waals surface area contributed by atoms with Crippen molar-refractivity contribution in [1.29, 1.82) is 5.26 Å². The molecule has 1 aliphatic heterocycles. The average Bonchev–Trinajstić information content (AvgIpc) is 2.78. The number of ether oxygens (including phenoxy) is 1. The number of methoxy groups -OCH3 is 1. The number of benzene rings is 2. The van der Waals surface area contributed by atoms with Crippen LogP contribution in [-0.2, 0) is 14.8 Å². The second kappa shape index (κ2) is 9.57. The van der Waals surface area contributed by atoms with Crippen molar-refractivity contribution in [2.45, 2.75) is 24.2 Å². The third-order valence-corrected chi connectivity index (χ3v) is 6.75. The third kappa shape index (κ3) is 5.06. The molecule has 0 aromatic heterocycles. The number of rotatable bonds is 6. The van der Waals surface area contributed by atoms with Gasteiger partial charge in [-0.05, 0) is 60.9 Å². The van der Waals surface area contributed by atoms with Crippen molar-refractivity contribution in [2.24, 2.45) is 0 Å². The average molecular weight is 426 g/mol. The van der Waals surface area contributed by atoms with Crippen LogP contribution in [0.1, 0.15) is 30.4 Å². The Morgan fingerprint density at radius 1 is 1.13 bits per heavy atom. The molecule has 1 amide bonds. The molecule has 2 aromatic carbocycles. The highest BCUT2D eigenvalue weighted by atomic mass is 32.2. The number of hydrogen-bond donors (Lipinski definition) is 1. The maximum absolute atomic E-state index is 13.1. The van der Waals surface area contributed by atoms with Gasteiger partial charge in [0.2, 0.25) is 15.9 Å². The molecule has 0 unspecified atom stereocenters. The lowest BCUT2D eigenvalue weighted by Gasteiger charge is -2.26. The number of sulfonamides is 1. The zero-order chi connectivity index (χ0) is 21.6. The van der Waals surface area contributed by atoms with Crippen LogP contribution in [0.15, 0.2) is 53.4 Å². The number of anilines is 1. The molecular weight excluding hydrogens is 402 g/mol. The first kappa shape index (κ1) is 21.6. The summed E-state index contributed by atoms with van der Waals surface area (Å²) in [6.45, 7) is 0.997. The molecule has 1 aliphatic rings. The predicted molar refractivity (Wildman–Crippen MR) is 114 cm³/mol. The van der Waals surface area contributed by atoms with Gasteiger partial charge in [0.05, 0.1) is 18.7 Å². The van der Waals surface area contributed by atoms with Gasteiger partial charge in [-0.15, -0.1) is 0 Å². The Balaban J connectivity index is 1.78. The highest BCUT2D eigenvalue weighted by Crippen LogP contribution is 2.30. The minimum atomic E-state index is -3.67. The minimum absolute atomic E-state index is 0.0987. The number of nitrogens with one attached hydrogen (secondary N) is 1. The van der Waals surface area contributed by atoms with Crippen molar-refractivity contribution in [3.05, 3.63) is 59.7 Å². The summed E-state index contributed by atoms with van der Waals surface area (Å²) < 4.78 is 32.9. The van der Waals surface area contributed by atoms with Crippen LogP contribution >= 0.6 is 0 Å². The normalized spacial score (nSPS) is 14.9. The van der Waals surface area contributed by atoms with Crippen LogP contribution in [0.5, 0.6) is 5.75 Å². The van der Waals surface area contributed by atoms with E-state index in [1.807, 2.05) is 6.07 Å². The summed E-state index contributed by atoms with van der Waals surface area (Å²) in [6, 6.07) is 13.3. The van der Waals surface area contributed by atoms with E-state index in [1.165, 1.54) is 23.6 Å². The van der Waals surface area contributed by atoms with E-state index in [0.29, 0.717) is 29.9 Å². The fraction of sp³-hybridized carbons (Fsp3) is 0.273. The zero-order valence-corrected chi connectivity index (χ0v) is 17.5. The summed E-state index contributed by atoms with van der Waals surface area (Å²) in [6.07, 6.45) is 5.60. The molecule has 1 N–H and O–H groups in total. The standard InChI is InChI=1S/C22H23N3O4S/c1-29-20-11-7-17(15-21(20)30(27,28)25-13-3-2-4-14-25)8-12-22(26)24-19-9-5-18(16-23)6-10-19/h5-12,15H,2-4,13-14H2,1H3,(H,24,26). The molecule has 1 fully saturated rings. The second-order valence-corrected chi connectivity index (χ2v) is 8.79. The molecule has 7 nitrogen and oxygen atoms in total. The quantitative estimate of drug-likeness (QED) is 0.715. The maximum atomic E-state index is 13.1. The molecule has 0 bridgehead atoms. The topological polar surface area (TPSA) is 99.5 Å². The third-order valence-electron chi connectivity index (χ3n) is 4.83. The SMILES string of the molecule is COc1ccc(C=CC(=O)Nc2ccc(C#N)cc2)cc1S(=O)(=O)N1CCCCC1. The van der Waals surface area contributed by atoms with Gasteiger partial charge in [-0.2, -0.15) is 9.57 Å². The van der Waals surface area contributed by atoms with Crippen LogP contribution in [-0.4, -0.2) is 38.8 Å². The van der Waals surface area contributed by atoms with E-state index in [4.69, 9.17) is 10.00 Å². The molecule has 0 spiro atoms. The van der Waals surface area contributed by atoms with Crippen LogP contribution in [0.25, 0.3) is 6.08 Å². The Morgan fingerprint density at radius 2 is 1.83 bits per heavy atom.